The molecule has 0 spiro atoms. The van der Waals surface area contributed by atoms with E-state index in [1.54, 1.807) is 0 Å². The summed E-state index contributed by atoms with van der Waals surface area (Å²) < 4.78 is 0. The molecule has 0 saturated heterocycles. The van der Waals surface area contributed by atoms with Crippen molar-refractivity contribution in [2.24, 2.45) is 23.7 Å². The number of aromatic amines is 1. The molecule has 0 bridgehead atoms. The third kappa shape index (κ3) is 37.7. The van der Waals surface area contributed by atoms with Crippen LogP contribution >= 0.6 is 0 Å². The molecule has 0 aliphatic carbocycles. The molecule has 0 radical (unpaired) electrons. The lowest BCUT2D eigenvalue weighted by Gasteiger charge is -1.92. The molecular weight excluding hydrogens is 470 g/mol. The second-order valence-corrected chi connectivity index (χ2v) is 11.3. The van der Waals surface area contributed by atoms with E-state index in [9.17, 15) is 0 Å². The molecule has 0 aliphatic heterocycles. The van der Waals surface area contributed by atoms with Crippen LogP contribution in [-0.4, -0.2) is 4.98 Å². The lowest BCUT2D eigenvalue weighted by molar-refractivity contribution is 0.736. The van der Waals surface area contributed by atoms with Crippen LogP contribution in [0.5, 0.6) is 0 Å². The van der Waals surface area contributed by atoms with Crippen LogP contribution in [0.2, 0.25) is 0 Å². The first-order valence-electron chi connectivity index (χ1n) is 15.3. The Morgan fingerprint density at radius 3 is 0.846 bits per heavy atom. The van der Waals surface area contributed by atoms with Crippen molar-refractivity contribution in [3.63, 3.8) is 0 Å². The summed E-state index contributed by atoms with van der Waals surface area (Å²) in [6, 6.07) is 27.0. The number of benzene rings is 3. The molecule has 4 aromatic rings. The zero-order valence-electron chi connectivity index (χ0n) is 28.9. The van der Waals surface area contributed by atoms with Gasteiger partial charge >= 0.3 is 0 Å². The fraction of sp³-hybridized carbons (Fsp3) is 0.526. The van der Waals surface area contributed by atoms with Gasteiger partial charge in [-0.05, 0) is 52.0 Å². The zero-order chi connectivity index (χ0) is 31.2. The van der Waals surface area contributed by atoms with Gasteiger partial charge in [-0.3, -0.25) is 0 Å². The molecule has 0 amide bonds. The Labute approximate surface area is 245 Å². The van der Waals surface area contributed by atoms with E-state index in [1.165, 1.54) is 21.7 Å². The minimum absolute atomic E-state index is 0.833. The van der Waals surface area contributed by atoms with Gasteiger partial charge in [-0.25, -0.2) is 0 Å². The van der Waals surface area contributed by atoms with Crippen LogP contribution < -0.4 is 0 Å². The molecular formula is C38H67N. The van der Waals surface area contributed by atoms with Crippen molar-refractivity contribution in [3.05, 3.63) is 85.1 Å². The van der Waals surface area contributed by atoms with E-state index in [-0.39, 0.29) is 0 Å². The van der Waals surface area contributed by atoms with Crippen LogP contribution in [0.25, 0.3) is 21.7 Å². The highest BCUT2D eigenvalue weighted by Crippen LogP contribution is 2.11. The number of aromatic nitrogens is 1. The first-order chi connectivity index (χ1) is 18.4. The molecule has 39 heavy (non-hydrogen) atoms. The Kier molecular flexibility index (Phi) is 35.3. The van der Waals surface area contributed by atoms with Crippen LogP contribution in [-0.2, 0) is 0 Å². The van der Waals surface area contributed by atoms with E-state index in [0.717, 1.165) is 23.7 Å². The van der Waals surface area contributed by atoms with Crippen LogP contribution in [0.3, 0.4) is 0 Å². The maximum atomic E-state index is 3.12. The van der Waals surface area contributed by atoms with E-state index < -0.39 is 0 Å². The summed E-state index contributed by atoms with van der Waals surface area (Å²) in [7, 11) is 0. The Morgan fingerprint density at radius 1 is 0.359 bits per heavy atom. The number of hydrogen-bond acceptors (Lipinski definition) is 0. The second-order valence-electron chi connectivity index (χ2n) is 11.3. The predicted octanol–water partition coefficient (Wildman–Crippen LogP) is 13.7. The van der Waals surface area contributed by atoms with Crippen molar-refractivity contribution in [1.82, 2.24) is 4.98 Å². The topological polar surface area (TPSA) is 15.8 Å². The Bertz CT molecular complexity index is 830. The number of para-hydroxylation sites is 1. The number of fused-ring (bicyclic) bond motifs is 2. The first kappa shape index (κ1) is 43.5. The Morgan fingerprint density at radius 2 is 0.590 bits per heavy atom. The summed E-state index contributed by atoms with van der Waals surface area (Å²) in [6.07, 6.45) is 1.95. The predicted molar refractivity (Wildman–Crippen MR) is 187 cm³/mol. The van der Waals surface area contributed by atoms with Crippen LogP contribution in [0.15, 0.2) is 85.1 Å². The van der Waals surface area contributed by atoms with Crippen molar-refractivity contribution in [3.8, 4) is 0 Å². The Balaban J connectivity index is -0.000000194. The minimum Gasteiger partial charge on any atom is -0.361 e. The maximum Gasteiger partial charge on any atom is 0.0453 e. The molecule has 0 unspecified atom stereocenters. The van der Waals surface area contributed by atoms with Crippen LogP contribution in [0.4, 0.5) is 0 Å². The smallest absolute Gasteiger partial charge is 0.0453 e. The van der Waals surface area contributed by atoms with Crippen molar-refractivity contribution >= 4 is 21.7 Å². The number of H-pyrrole nitrogens is 1. The molecule has 1 heteroatoms. The lowest BCUT2D eigenvalue weighted by atomic mass is 10.1. The number of nitrogens with one attached hydrogen (secondary N) is 1. The summed E-state index contributed by atoms with van der Waals surface area (Å²) in [5, 5.41) is 3.90. The molecule has 1 N–H and O–H groups in total. The normalized spacial score (nSPS) is 8.92. The minimum atomic E-state index is 0.833. The monoisotopic (exact) mass is 538 g/mol. The highest BCUT2D eigenvalue weighted by atomic mass is 14.7. The van der Waals surface area contributed by atoms with Gasteiger partial charge in [0, 0.05) is 11.7 Å². The average Bonchev–Trinajstić information content (AvgIpc) is 3.35. The average molecular weight is 538 g/mol. The molecule has 4 rings (SSSR count). The standard InChI is InChI=1S/C10H8.C8H7N.4C4H10.2C2H6/c1-2-6-10-8-4-3-7-9(10)5-1;1-2-4-8-7(3-1)5-6-9-8;4*1-4(2)3;2*1-2/h1-8H;1-6,9H;4*4H,1-3H3;2*1-2H3. The van der Waals surface area contributed by atoms with Gasteiger partial charge in [-0.1, -0.05) is 178 Å². The highest BCUT2D eigenvalue weighted by molar-refractivity contribution is 5.82. The van der Waals surface area contributed by atoms with Gasteiger partial charge in [0.2, 0.25) is 0 Å². The van der Waals surface area contributed by atoms with Gasteiger partial charge < -0.3 is 4.98 Å². The summed E-state index contributed by atoms with van der Waals surface area (Å²) in [4.78, 5) is 3.12. The third-order valence-electron chi connectivity index (χ3n) is 3.12. The van der Waals surface area contributed by atoms with Crippen molar-refractivity contribution in [2.75, 3.05) is 0 Å². The molecule has 0 fully saturated rings. The van der Waals surface area contributed by atoms with Crippen molar-refractivity contribution in [1.29, 1.82) is 0 Å². The van der Waals surface area contributed by atoms with Gasteiger partial charge in [0.05, 0.1) is 0 Å². The van der Waals surface area contributed by atoms with E-state index in [0.29, 0.717) is 0 Å². The number of hydrogen-bond donors (Lipinski definition) is 1. The van der Waals surface area contributed by atoms with Crippen molar-refractivity contribution < 1.29 is 0 Å². The van der Waals surface area contributed by atoms with E-state index >= 15 is 0 Å². The molecule has 3 aromatic carbocycles. The molecule has 0 saturated carbocycles. The van der Waals surface area contributed by atoms with Gasteiger partial charge in [0.1, 0.15) is 0 Å². The molecule has 1 aromatic heterocycles. The fourth-order valence-electron chi connectivity index (χ4n) is 2.13. The van der Waals surface area contributed by atoms with E-state index in [4.69, 9.17) is 0 Å². The molecule has 1 nitrogen and oxygen atoms in total. The lowest BCUT2D eigenvalue weighted by Crippen LogP contribution is -1.67. The van der Waals surface area contributed by atoms with Gasteiger partial charge in [0.15, 0.2) is 0 Å². The van der Waals surface area contributed by atoms with Gasteiger partial charge in [0.25, 0.3) is 0 Å². The van der Waals surface area contributed by atoms with Gasteiger partial charge in [-0.2, -0.15) is 0 Å². The number of rotatable bonds is 0. The van der Waals surface area contributed by atoms with Crippen LogP contribution in [0, 0.1) is 23.7 Å². The molecule has 224 valence electrons. The summed E-state index contributed by atoms with van der Waals surface area (Å²) in [5.74, 6) is 3.33. The molecule has 0 aliphatic rings. The fourth-order valence-corrected chi connectivity index (χ4v) is 2.13. The van der Waals surface area contributed by atoms with E-state index in [1.807, 2.05) is 46.0 Å². The SMILES string of the molecule is CC.CC.CC(C)C.CC(C)C.CC(C)C.CC(C)C.c1ccc2[nH]ccc2c1.c1ccc2ccccc2c1. The summed E-state index contributed by atoms with van der Waals surface area (Å²) in [5.41, 5.74) is 1.21. The summed E-state index contributed by atoms with van der Waals surface area (Å²) >= 11 is 0. The molecule has 1 heterocycles. The zero-order valence-corrected chi connectivity index (χ0v) is 28.9. The quantitative estimate of drug-likeness (QED) is 0.229. The molecule has 0 atom stereocenters. The largest absolute Gasteiger partial charge is 0.361 e. The van der Waals surface area contributed by atoms with Gasteiger partial charge in [-0.15, -0.1) is 0 Å². The maximum absolute atomic E-state index is 3.12. The summed E-state index contributed by atoms with van der Waals surface area (Å²) in [6.45, 7) is 34.0. The van der Waals surface area contributed by atoms with Crippen molar-refractivity contribution in [2.45, 2.75) is 111 Å². The first-order valence-corrected chi connectivity index (χ1v) is 15.3. The van der Waals surface area contributed by atoms with Crippen LogP contribution in [0.1, 0.15) is 111 Å². The Hall–Kier alpha value is -2.54. The third-order valence-corrected chi connectivity index (χ3v) is 3.12. The highest BCUT2D eigenvalue weighted by Gasteiger charge is 1.87. The van der Waals surface area contributed by atoms with E-state index in [2.05, 4.69) is 155 Å². The second kappa shape index (κ2) is 31.7.